The Bertz CT molecular complexity index is 245. The van der Waals surface area contributed by atoms with Crippen LogP contribution in [-0.4, -0.2) is 29.6 Å². The molecule has 0 aliphatic carbocycles. The topological polar surface area (TPSA) is 32.3 Å². The second-order valence-corrected chi connectivity index (χ2v) is 6.06. The van der Waals surface area contributed by atoms with Crippen molar-refractivity contribution in [2.75, 3.05) is 6.54 Å². The molecule has 0 spiro atoms. The summed E-state index contributed by atoms with van der Waals surface area (Å²) < 4.78 is 0. The number of nitrogens with zero attached hydrogens (tertiary/aromatic N) is 1. The van der Waals surface area contributed by atoms with E-state index in [1.807, 2.05) is 4.90 Å². The summed E-state index contributed by atoms with van der Waals surface area (Å²) in [5.41, 5.74) is 0.172. The predicted molar refractivity (Wildman–Crippen MR) is 67.1 cm³/mol. The zero-order valence-corrected chi connectivity index (χ0v) is 11.3. The van der Waals surface area contributed by atoms with E-state index in [0.29, 0.717) is 0 Å². The maximum atomic E-state index is 12.2. The van der Waals surface area contributed by atoms with Crippen LogP contribution in [0.2, 0.25) is 0 Å². The van der Waals surface area contributed by atoms with Crippen LogP contribution in [0.4, 0.5) is 0 Å². The summed E-state index contributed by atoms with van der Waals surface area (Å²) in [6, 6.07) is 0.0531. The maximum absolute atomic E-state index is 12.2. The van der Waals surface area contributed by atoms with Crippen LogP contribution < -0.4 is 5.32 Å². The second kappa shape index (κ2) is 5.17. The Morgan fingerprint density at radius 1 is 1.38 bits per heavy atom. The van der Waals surface area contributed by atoms with E-state index in [4.69, 9.17) is 0 Å². The molecule has 0 bridgehead atoms. The van der Waals surface area contributed by atoms with E-state index < -0.39 is 0 Å². The third kappa shape index (κ3) is 3.48. The van der Waals surface area contributed by atoms with Crippen LogP contribution in [0.15, 0.2) is 0 Å². The first kappa shape index (κ1) is 13.5. The van der Waals surface area contributed by atoms with Crippen molar-refractivity contribution in [3.63, 3.8) is 0 Å². The Balaban J connectivity index is 2.57. The molecule has 0 saturated carbocycles. The molecule has 1 heterocycles. The van der Waals surface area contributed by atoms with Crippen molar-refractivity contribution in [2.45, 2.75) is 66.1 Å². The molecule has 1 rings (SSSR count). The third-order valence-corrected chi connectivity index (χ3v) is 2.98. The Hall–Kier alpha value is -0.570. The second-order valence-electron chi connectivity index (χ2n) is 6.06. The minimum atomic E-state index is 0.0531. The van der Waals surface area contributed by atoms with Gasteiger partial charge in [0.1, 0.15) is 0 Å². The van der Waals surface area contributed by atoms with E-state index >= 15 is 0 Å². The fraction of sp³-hybridized carbons (Fsp3) is 0.923. The normalized spacial score (nSPS) is 26.6. The van der Waals surface area contributed by atoms with Crippen molar-refractivity contribution < 1.29 is 4.79 Å². The molecule has 1 aliphatic heterocycles. The predicted octanol–water partition coefficient (Wildman–Crippen LogP) is 2.37. The molecule has 1 aliphatic rings. The summed E-state index contributed by atoms with van der Waals surface area (Å²) in [5, 5.41) is 3.39. The molecule has 0 aromatic heterocycles. The molecule has 1 saturated heterocycles. The van der Waals surface area contributed by atoms with Crippen molar-refractivity contribution in [2.24, 2.45) is 5.41 Å². The SMILES string of the molecule is CCCCC1NC(C)N(CC(C)(C)C)C1=O. The molecular weight excluding hydrogens is 200 g/mol. The zero-order chi connectivity index (χ0) is 12.3. The number of hydrogen-bond donors (Lipinski definition) is 1. The standard InChI is InChI=1S/C13H26N2O/c1-6-7-8-11-12(16)15(10(2)14-11)9-13(3,4)5/h10-11,14H,6-9H2,1-5H3. The maximum Gasteiger partial charge on any atom is 0.241 e. The van der Waals surface area contributed by atoms with Gasteiger partial charge in [0.2, 0.25) is 5.91 Å². The molecule has 0 radical (unpaired) electrons. The van der Waals surface area contributed by atoms with Crippen LogP contribution in [0.3, 0.4) is 0 Å². The molecule has 94 valence electrons. The molecule has 2 atom stereocenters. The number of unbranched alkanes of at least 4 members (excludes halogenated alkanes) is 1. The molecule has 2 unspecified atom stereocenters. The fourth-order valence-electron chi connectivity index (χ4n) is 2.18. The van der Waals surface area contributed by atoms with Gasteiger partial charge >= 0.3 is 0 Å². The molecule has 1 amide bonds. The minimum Gasteiger partial charge on any atom is -0.326 e. The van der Waals surface area contributed by atoms with Gasteiger partial charge < -0.3 is 4.90 Å². The zero-order valence-electron chi connectivity index (χ0n) is 11.3. The van der Waals surface area contributed by atoms with E-state index in [1.165, 1.54) is 0 Å². The van der Waals surface area contributed by atoms with Gasteiger partial charge in [-0.1, -0.05) is 40.5 Å². The van der Waals surface area contributed by atoms with E-state index in [0.717, 1.165) is 25.8 Å². The summed E-state index contributed by atoms with van der Waals surface area (Å²) in [6.45, 7) is 11.6. The molecule has 1 fully saturated rings. The fourth-order valence-corrected chi connectivity index (χ4v) is 2.18. The first-order valence-corrected chi connectivity index (χ1v) is 6.41. The average Bonchev–Trinajstić information content (AvgIpc) is 2.40. The monoisotopic (exact) mass is 226 g/mol. The summed E-state index contributed by atoms with van der Waals surface area (Å²) in [5.74, 6) is 0.288. The summed E-state index contributed by atoms with van der Waals surface area (Å²) in [4.78, 5) is 14.1. The van der Waals surface area contributed by atoms with Crippen molar-refractivity contribution in [3.05, 3.63) is 0 Å². The van der Waals surface area contributed by atoms with Crippen LogP contribution in [-0.2, 0) is 4.79 Å². The molecule has 1 N–H and O–H groups in total. The highest BCUT2D eigenvalue weighted by Crippen LogP contribution is 2.22. The van der Waals surface area contributed by atoms with Gasteiger partial charge in [0.05, 0.1) is 12.2 Å². The number of rotatable bonds is 4. The largest absolute Gasteiger partial charge is 0.326 e. The average molecular weight is 226 g/mol. The smallest absolute Gasteiger partial charge is 0.241 e. The van der Waals surface area contributed by atoms with E-state index in [9.17, 15) is 4.79 Å². The van der Waals surface area contributed by atoms with Crippen LogP contribution in [0, 0.1) is 5.41 Å². The molecule has 3 heteroatoms. The summed E-state index contributed by atoms with van der Waals surface area (Å²) in [7, 11) is 0. The Morgan fingerprint density at radius 2 is 2.00 bits per heavy atom. The molecule has 0 aromatic rings. The molecule has 16 heavy (non-hydrogen) atoms. The third-order valence-electron chi connectivity index (χ3n) is 2.98. The van der Waals surface area contributed by atoms with Gasteiger partial charge in [0.25, 0.3) is 0 Å². The van der Waals surface area contributed by atoms with Gasteiger partial charge in [0, 0.05) is 6.54 Å². The summed E-state index contributed by atoms with van der Waals surface area (Å²) >= 11 is 0. The van der Waals surface area contributed by atoms with Crippen LogP contribution in [0.5, 0.6) is 0 Å². The quantitative estimate of drug-likeness (QED) is 0.798. The van der Waals surface area contributed by atoms with Gasteiger partial charge in [-0.2, -0.15) is 0 Å². The van der Waals surface area contributed by atoms with Crippen molar-refractivity contribution in [3.8, 4) is 0 Å². The molecular formula is C13H26N2O. The van der Waals surface area contributed by atoms with E-state index in [2.05, 4.69) is 39.9 Å². The first-order valence-electron chi connectivity index (χ1n) is 6.41. The highest BCUT2D eigenvalue weighted by molar-refractivity contribution is 5.84. The van der Waals surface area contributed by atoms with E-state index in [-0.39, 0.29) is 23.5 Å². The Labute approximate surface area is 99.6 Å². The highest BCUT2D eigenvalue weighted by atomic mass is 16.2. The summed E-state index contributed by atoms with van der Waals surface area (Å²) in [6.07, 6.45) is 3.44. The van der Waals surface area contributed by atoms with Crippen molar-refractivity contribution in [1.82, 2.24) is 10.2 Å². The number of nitrogens with one attached hydrogen (secondary N) is 1. The molecule has 0 aromatic carbocycles. The number of amides is 1. The van der Waals surface area contributed by atoms with Gasteiger partial charge in [-0.3, -0.25) is 10.1 Å². The Morgan fingerprint density at radius 3 is 2.50 bits per heavy atom. The lowest BCUT2D eigenvalue weighted by Crippen LogP contribution is -2.40. The lowest BCUT2D eigenvalue weighted by molar-refractivity contribution is -0.131. The van der Waals surface area contributed by atoms with Crippen molar-refractivity contribution >= 4 is 5.91 Å². The number of carbonyl (C=O) groups excluding carboxylic acids is 1. The van der Waals surface area contributed by atoms with Gasteiger partial charge in [0.15, 0.2) is 0 Å². The first-order chi connectivity index (χ1) is 7.35. The number of hydrogen-bond acceptors (Lipinski definition) is 2. The van der Waals surface area contributed by atoms with Crippen molar-refractivity contribution in [1.29, 1.82) is 0 Å². The van der Waals surface area contributed by atoms with Crippen LogP contribution in [0.25, 0.3) is 0 Å². The van der Waals surface area contributed by atoms with E-state index in [1.54, 1.807) is 0 Å². The highest BCUT2D eigenvalue weighted by Gasteiger charge is 2.37. The number of carbonyl (C=O) groups is 1. The molecule has 3 nitrogen and oxygen atoms in total. The van der Waals surface area contributed by atoms with Gasteiger partial charge in [-0.05, 0) is 18.8 Å². The van der Waals surface area contributed by atoms with Gasteiger partial charge in [-0.15, -0.1) is 0 Å². The minimum absolute atomic E-state index is 0.0531. The lowest BCUT2D eigenvalue weighted by Gasteiger charge is -2.29. The Kier molecular flexibility index (Phi) is 4.36. The van der Waals surface area contributed by atoms with Crippen LogP contribution in [0.1, 0.15) is 53.9 Å². The lowest BCUT2D eigenvalue weighted by atomic mass is 9.96. The van der Waals surface area contributed by atoms with Crippen LogP contribution >= 0.6 is 0 Å². The van der Waals surface area contributed by atoms with Gasteiger partial charge in [-0.25, -0.2) is 0 Å².